The molecule has 0 unspecified atom stereocenters. The minimum Gasteiger partial charge on any atom is -0.368 e. The monoisotopic (exact) mass is 372 g/mol. The zero-order valence-electron chi connectivity index (χ0n) is 15.3. The van der Waals surface area contributed by atoms with Gasteiger partial charge in [-0.15, -0.1) is 10.2 Å². The van der Waals surface area contributed by atoms with Crippen LogP contribution < -0.4 is 10.7 Å². The average molecular weight is 372 g/mol. The fourth-order valence-electron chi connectivity index (χ4n) is 3.83. The highest BCUT2D eigenvalue weighted by atomic mass is 16.1. The summed E-state index contributed by atoms with van der Waals surface area (Å²) in [5, 5.41) is 20.2. The van der Waals surface area contributed by atoms with Crippen LogP contribution in [0.3, 0.4) is 0 Å². The number of aromatic amines is 2. The van der Waals surface area contributed by atoms with E-state index in [1.165, 1.54) is 6.42 Å². The number of hydrogen-bond donors (Lipinski definition) is 3. The van der Waals surface area contributed by atoms with Crippen molar-refractivity contribution >= 4 is 16.7 Å². The number of pyridine rings is 1. The topological polar surface area (TPSA) is 99.3 Å². The third kappa shape index (κ3) is 2.94. The predicted octanol–water partition coefficient (Wildman–Crippen LogP) is 3.24. The second kappa shape index (κ2) is 6.60. The van der Waals surface area contributed by atoms with Crippen LogP contribution in [0.15, 0.2) is 59.7 Å². The minimum atomic E-state index is -0.0353. The van der Waals surface area contributed by atoms with Crippen molar-refractivity contribution in [3.05, 3.63) is 70.8 Å². The van der Waals surface area contributed by atoms with Crippen molar-refractivity contribution in [3.8, 4) is 11.3 Å². The van der Waals surface area contributed by atoms with E-state index in [1.54, 1.807) is 24.5 Å². The Hall–Kier alpha value is -3.48. The third-order valence-corrected chi connectivity index (χ3v) is 5.67. The highest BCUT2D eigenvalue weighted by Gasteiger charge is 2.39. The molecule has 3 aromatic heterocycles. The van der Waals surface area contributed by atoms with Crippen molar-refractivity contribution in [2.24, 2.45) is 0 Å². The molecule has 0 spiro atoms. The van der Waals surface area contributed by atoms with Crippen LogP contribution in [0.1, 0.15) is 25.0 Å². The van der Waals surface area contributed by atoms with E-state index in [0.717, 1.165) is 53.1 Å². The fraction of sp³-hybridized carbons (Fsp3) is 0.238. The maximum Gasteiger partial charge on any atom is 0.181 e. The average Bonchev–Trinajstić information content (AvgIpc) is 3.15. The molecule has 1 aliphatic rings. The van der Waals surface area contributed by atoms with Gasteiger partial charge in [-0.3, -0.25) is 9.89 Å². The second-order valence-corrected chi connectivity index (χ2v) is 7.40. The normalized spacial score (nSPS) is 15.3. The number of aromatic nitrogens is 5. The third-order valence-electron chi connectivity index (χ3n) is 5.67. The van der Waals surface area contributed by atoms with Crippen LogP contribution in [0.5, 0.6) is 0 Å². The van der Waals surface area contributed by atoms with Gasteiger partial charge in [0.1, 0.15) is 5.82 Å². The first kappa shape index (κ1) is 16.7. The first-order chi connectivity index (χ1) is 13.7. The van der Waals surface area contributed by atoms with Crippen LogP contribution in [0.2, 0.25) is 0 Å². The summed E-state index contributed by atoms with van der Waals surface area (Å²) in [4.78, 5) is 15.0. The Balaban J connectivity index is 1.33. The van der Waals surface area contributed by atoms with E-state index in [1.807, 2.05) is 30.3 Å². The molecule has 4 aromatic rings. The van der Waals surface area contributed by atoms with Gasteiger partial charge in [0.25, 0.3) is 0 Å². The predicted molar refractivity (Wildman–Crippen MR) is 108 cm³/mol. The Morgan fingerprint density at radius 1 is 1.07 bits per heavy atom. The first-order valence-corrected chi connectivity index (χ1v) is 9.42. The molecule has 3 heterocycles. The molecule has 0 radical (unpaired) electrons. The molecule has 7 heteroatoms. The van der Waals surface area contributed by atoms with Crippen LogP contribution in [-0.4, -0.2) is 31.9 Å². The number of hydrogen-bond acceptors (Lipinski definition) is 5. The van der Waals surface area contributed by atoms with E-state index in [4.69, 9.17) is 0 Å². The summed E-state index contributed by atoms with van der Waals surface area (Å²) in [6.07, 6.45) is 6.79. The van der Waals surface area contributed by atoms with Gasteiger partial charge in [0.05, 0.1) is 17.4 Å². The quantitative estimate of drug-likeness (QED) is 0.499. The SMILES string of the molecule is O=c1cc[nH]c(C2(CNc3ccc(-c4ccc5cn[nH]c5c4)nn3)CCC2)c1. The van der Waals surface area contributed by atoms with Crippen molar-refractivity contribution in [3.63, 3.8) is 0 Å². The Kier molecular flexibility index (Phi) is 3.93. The van der Waals surface area contributed by atoms with Gasteiger partial charge in [-0.2, -0.15) is 5.10 Å². The molecule has 0 saturated heterocycles. The molecule has 5 rings (SSSR count). The summed E-state index contributed by atoms with van der Waals surface area (Å²) < 4.78 is 0. The number of fused-ring (bicyclic) bond motifs is 1. The molecule has 7 nitrogen and oxygen atoms in total. The molecule has 0 bridgehead atoms. The van der Waals surface area contributed by atoms with Crippen molar-refractivity contribution in [2.75, 3.05) is 11.9 Å². The van der Waals surface area contributed by atoms with Crippen molar-refractivity contribution in [1.82, 2.24) is 25.4 Å². The van der Waals surface area contributed by atoms with E-state index in [-0.39, 0.29) is 10.8 Å². The lowest BCUT2D eigenvalue weighted by Crippen LogP contribution is -2.42. The lowest BCUT2D eigenvalue weighted by Gasteiger charge is -2.42. The highest BCUT2D eigenvalue weighted by molar-refractivity contribution is 5.83. The summed E-state index contributed by atoms with van der Waals surface area (Å²) in [7, 11) is 0. The van der Waals surface area contributed by atoms with E-state index in [2.05, 4.69) is 30.7 Å². The Labute approximate surface area is 161 Å². The smallest absolute Gasteiger partial charge is 0.181 e. The zero-order chi connectivity index (χ0) is 19.0. The van der Waals surface area contributed by atoms with Gasteiger partial charge in [-0.1, -0.05) is 18.6 Å². The largest absolute Gasteiger partial charge is 0.368 e. The Morgan fingerprint density at radius 3 is 2.75 bits per heavy atom. The molecule has 3 N–H and O–H groups in total. The molecule has 1 aromatic carbocycles. The van der Waals surface area contributed by atoms with Gasteiger partial charge in [0, 0.05) is 46.9 Å². The molecule has 28 heavy (non-hydrogen) atoms. The van der Waals surface area contributed by atoms with Crippen LogP contribution in [0.25, 0.3) is 22.2 Å². The van der Waals surface area contributed by atoms with Crippen molar-refractivity contribution < 1.29 is 0 Å². The van der Waals surface area contributed by atoms with E-state index in [0.29, 0.717) is 0 Å². The molecular formula is C21H20N6O. The van der Waals surface area contributed by atoms with E-state index in [9.17, 15) is 4.79 Å². The van der Waals surface area contributed by atoms with Gasteiger partial charge in [0.15, 0.2) is 5.43 Å². The maximum absolute atomic E-state index is 11.7. The number of nitrogens with zero attached hydrogens (tertiary/aromatic N) is 3. The highest BCUT2D eigenvalue weighted by Crippen LogP contribution is 2.42. The molecule has 1 saturated carbocycles. The Morgan fingerprint density at radius 2 is 2.00 bits per heavy atom. The van der Waals surface area contributed by atoms with Gasteiger partial charge in [0.2, 0.25) is 0 Å². The van der Waals surface area contributed by atoms with Gasteiger partial charge in [-0.25, -0.2) is 0 Å². The number of rotatable bonds is 5. The molecule has 0 amide bonds. The summed E-state index contributed by atoms with van der Waals surface area (Å²) in [5.74, 6) is 0.732. The summed E-state index contributed by atoms with van der Waals surface area (Å²) in [5.41, 5.74) is 3.78. The number of nitrogens with one attached hydrogen (secondary N) is 3. The summed E-state index contributed by atoms with van der Waals surface area (Å²) in [6.45, 7) is 0.723. The maximum atomic E-state index is 11.7. The van der Waals surface area contributed by atoms with Crippen molar-refractivity contribution in [1.29, 1.82) is 0 Å². The number of H-pyrrole nitrogens is 2. The zero-order valence-corrected chi connectivity index (χ0v) is 15.3. The molecule has 1 aliphatic carbocycles. The van der Waals surface area contributed by atoms with Crippen LogP contribution in [-0.2, 0) is 5.41 Å². The lowest BCUT2D eigenvalue weighted by atomic mass is 9.66. The van der Waals surface area contributed by atoms with Gasteiger partial charge < -0.3 is 10.3 Å². The molecule has 140 valence electrons. The first-order valence-electron chi connectivity index (χ1n) is 9.42. The molecular weight excluding hydrogens is 352 g/mol. The lowest BCUT2D eigenvalue weighted by molar-refractivity contribution is 0.252. The van der Waals surface area contributed by atoms with Crippen LogP contribution >= 0.6 is 0 Å². The summed E-state index contributed by atoms with van der Waals surface area (Å²) in [6, 6.07) is 13.2. The number of benzene rings is 1. The summed E-state index contributed by atoms with van der Waals surface area (Å²) >= 11 is 0. The fourth-order valence-corrected chi connectivity index (χ4v) is 3.83. The molecule has 0 atom stereocenters. The minimum absolute atomic E-state index is 0.0353. The van der Waals surface area contributed by atoms with Crippen LogP contribution in [0.4, 0.5) is 5.82 Å². The molecule has 0 aliphatic heterocycles. The Bertz CT molecular complexity index is 1170. The standard InChI is InChI=1S/C21H20N6O/c28-16-6-9-22-19(11-16)21(7-1-8-21)13-23-20-5-4-17(26-27-20)14-2-3-15-12-24-25-18(15)10-14/h2-6,9-12H,1,7-8,13H2,(H,22,28)(H,23,27)(H,24,25). The van der Waals surface area contributed by atoms with Crippen molar-refractivity contribution in [2.45, 2.75) is 24.7 Å². The van der Waals surface area contributed by atoms with Gasteiger partial charge in [-0.05, 0) is 31.0 Å². The molecule has 1 fully saturated rings. The van der Waals surface area contributed by atoms with Gasteiger partial charge >= 0.3 is 0 Å². The second-order valence-electron chi connectivity index (χ2n) is 7.40. The van der Waals surface area contributed by atoms with E-state index >= 15 is 0 Å². The number of anilines is 1. The van der Waals surface area contributed by atoms with E-state index < -0.39 is 0 Å². The van der Waals surface area contributed by atoms with Crippen LogP contribution in [0, 0.1) is 0 Å².